The fourth-order valence-corrected chi connectivity index (χ4v) is 3.31. The maximum atomic E-state index is 12.4. The highest BCUT2D eigenvalue weighted by molar-refractivity contribution is 5.80. The van der Waals surface area contributed by atoms with Gasteiger partial charge in [-0.05, 0) is 38.2 Å². The topological polar surface area (TPSA) is 49.4 Å². The standard InChI is InChI=1S/C20H30N2O2/c1-4-17(5-2)20(24)22-12-10-18(11-13-22)21-19(23)14-16-8-6-15(3)7-9-16/h6-9,17-18H,4-5,10-14H2,1-3H3,(H,21,23). The minimum atomic E-state index is 0.0728. The van der Waals surface area contributed by atoms with Crippen molar-refractivity contribution in [1.82, 2.24) is 10.2 Å². The predicted octanol–water partition coefficient (Wildman–Crippen LogP) is 3.08. The smallest absolute Gasteiger partial charge is 0.225 e. The minimum absolute atomic E-state index is 0.0728. The number of rotatable bonds is 6. The first-order chi connectivity index (χ1) is 11.5. The Morgan fingerprint density at radius 1 is 1.12 bits per heavy atom. The molecule has 0 spiro atoms. The molecule has 2 rings (SSSR count). The molecule has 1 saturated heterocycles. The van der Waals surface area contributed by atoms with Gasteiger partial charge in [0.05, 0.1) is 6.42 Å². The van der Waals surface area contributed by atoms with Crippen molar-refractivity contribution in [2.45, 2.75) is 58.9 Å². The van der Waals surface area contributed by atoms with Crippen LogP contribution >= 0.6 is 0 Å². The van der Waals surface area contributed by atoms with Crippen LogP contribution in [-0.2, 0) is 16.0 Å². The molecule has 1 aliphatic rings. The van der Waals surface area contributed by atoms with E-state index >= 15 is 0 Å². The highest BCUT2D eigenvalue weighted by Crippen LogP contribution is 2.17. The summed E-state index contributed by atoms with van der Waals surface area (Å²) in [6.07, 6.45) is 3.94. The van der Waals surface area contributed by atoms with Crippen molar-refractivity contribution in [1.29, 1.82) is 0 Å². The Kier molecular flexibility index (Phi) is 6.83. The van der Waals surface area contributed by atoms with Crippen LogP contribution < -0.4 is 5.32 Å². The van der Waals surface area contributed by atoms with Crippen molar-refractivity contribution >= 4 is 11.8 Å². The van der Waals surface area contributed by atoms with E-state index in [0.29, 0.717) is 6.42 Å². The van der Waals surface area contributed by atoms with E-state index in [9.17, 15) is 9.59 Å². The molecule has 1 aromatic rings. The third kappa shape index (κ3) is 5.08. The molecular weight excluding hydrogens is 300 g/mol. The maximum absolute atomic E-state index is 12.4. The van der Waals surface area contributed by atoms with Gasteiger partial charge in [-0.25, -0.2) is 0 Å². The molecule has 0 unspecified atom stereocenters. The minimum Gasteiger partial charge on any atom is -0.353 e. The summed E-state index contributed by atoms with van der Waals surface area (Å²) in [6, 6.07) is 8.26. The van der Waals surface area contributed by atoms with E-state index in [-0.39, 0.29) is 23.8 Å². The Bertz CT molecular complexity index is 541. The van der Waals surface area contributed by atoms with Crippen molar-refractivity contribution in [3.05, 3.63) is 35.4 Å². The molecule has 4 nitrogen and oxygen atoms in total. The average molecular weight is 330 g/mol. The van der Waals surface area contributed by atoms with Crippen LogP contribution in [0.2, 0.25) is 0 Å². The number of piperidine rings is 1. The highest BCUT2D eigenvalue weighted by Gasteiger charge is 2.27. The van der Waals surface area contributed by atoms with Gasteiger partial charge in [-0.1, -0.05) is 43.7 Å². The second-order valence-electron chi connectivity index (χ2n) is 6.84. The molecule has 0 saturated carbocycles. The zero-order chi connectivity index (χ0) is 17.5. The average Bonchev–Trinajstić information content (AvgIpc) is 2.58. The Hall–Kier alpha value is -1.84. The lowest BCUT2D eigenvalue weighted by molar-refractivity contribution is -0.137. The molecule has 1 aromatic carbocycles. The molecule has 132 valence electrons. The SMILES string of the molecule is CCC(CC)C(=O)N1CCC(NC(=O)Cc2ccc(C)cc2)CC1. The normalized spacial score (nSPS) is 15.6. The number of likely N-dealkylation sites (tertiary alicyclic amines) is 1. The number of carbonyl (C=O) groups excluding carboxylic acids is 2. The zero-order valence-corrected chi connectivity index (χ0v) is 15.2. The quantitative estimate of drug-likeness (QED) is 0.871. The Balaban J connectivity index is 1.77. The van der Waals surface area contributed by atoms with Crippen LogP contribution in [0.3, 0.4) is 0 Å². The Morgan fingerprint density at radius 3 is 2.25 bits per heavy atom. The molecule has 0 bridgehead atoms. The molecule has 1 N–H and O–H groups in total. The van der Waals surface area contributed by atoms with Crippen LogP contribution in [0.15, 0.2) is 24.3 Å². The molecule has 0 radical (unpaired) electrons. The van der Waals surface area contributed by atoms with Crippen molar-refractivity contribution in [3.63, 3.8) is 0 Å². The summed E-state index contributed by atoms with van der Waals surface area (Å²) in [6.45, 7) is 7.70. The molecule has 1 fully saturated rings. The summed E-state index contributed by atoms with van der Waals surface area (Å²) in [5.41, 5.74) is 2.24. The van der Waals surface area contributed by atoms with Crippen molar-refractivity contribution in [2.75, 3.05) is 13.1 Å². The lowest BCUT2D eigenvalue weighted by atomic mass is 9.98. The second-order valence-corrected chi connectivity index (χ2v) is 6.84. The molecule has 1 aliphatic heterocycles. The van der Waals surface area contributed by atoms with Gasteiger partial charge in [-0.15, -0.1) is 0 Å². The van der Waals surface area contributed by atoms with E-state index in [2.05, 4.69) is 19.2 Å². The van der Waals surface area contributed by atoms with E-state index in [1.807, 2.05) is 36.1 Å². The summed E-state index contributed by atoms with van der Waals surface area (Å²) in [7, 11) is 0. The Labute approximate surface area is 145 Å². The summed E-state index contributed by atoms with van der Waals surface area (Å²) >= 11 is 0. The number of amides is 2. The number of nitrogens with one attached hydrogen (secondary N) is 1. The maximum Gasteiger partial charge on any atom is 0.225 e. The van der Waals surface area contributed by atoms with Crippen LogP contribution in [0.25, 0.3) is 0 Å². The molecule has 0 aromatic heterocycles. The van der Waals surface area contributed by atoms with Gasteiger partial charge in [-0.3, -0.25) is 9.59 Å². The lowest BCUT2D eigenvalue weighted by Crippen LogP contribution is -2.48. The zero-order valence-electron chi connectivity index (χ0n) is 15.2. The van der Waals surface area contributed by atoms with Crippen molar-refractivity contribution in [3.8, 4) is 0 Å². The van der Waals surface area contributed by atoms with E-state index in [0.717, 1.165) is 44.3 Å². The van der Waals surface area contributed by atoms with E-state index < -0.39 is 0 Å². The fourth-order valence-electron chi connectivity index (χ4n) is 3.31. The first-order valence-corrected chi connectivity index (χ1v) is 9.17. The summed E-state index contributed by atoms with van der Waals surface area (Å²) in [5, 5.41) is 3.12. The van der Waals surface area contributed by atoms with Crippen molar-refractivity contribution in [2.24, 2.45) is 5.92 Å². The van der Waals surface area contributed by atoms with Gasteiger partial charge in [0.2, 0.25) is 11.8 Å². The van der Waals surface area contributed by atoms with Crippen LogP contribution in [-0.4, -0.2) is 35.8 Å². The van der Waals surface area contributed by atoms with Crippen LogP contribution in [0.5, 0.6) is 0 Å². The van der Waals surface area contributed by atoms with Gasteiger partial charge in [0.15, 0.2) is 0 Å². The van der Waals surface area contributed by atoms with Crippen LogP contribution in [0.4, 0.5) is 0 Å². The third-order valence-electron chi connectivity index (χ3n) is 4.99. The predicted molar refractivity (Wildman–Crippen MR) is 96.7 cm³/mol. The molecular formula is C20H30N2O2. The molecule has 0 atom stereocenters. The van der Waals surface area contributed by atoms with E-state index in [1.54, 1.807) is 0 Å². The molecule has 4 heteroatoms. The summed E-state index contributed by atoms with van der Waals surface area (Å²) in [5.74, 6) is 0.505. The van der Waals surface area contributed by atoms with Crippen LogP contribution in [0.1, 0.15) is 50.7 Å². The number of hydrogen-bond donors (Lipinski definition) is 1. The van der Waals surface area contributed by atoms with E-state index in [1.165, 1.54) is 5.56 Å². The monoisotopic (exact) mass is 330 g/mol. The van der Waals surface area contributed by atoms with Gasteiger partial charge in [0, 0.05) is 25.0 Å². The number of hydrogen-bond acceptors (Lipinski definition) is 2. The van der Waals surface area contributed by atoms with Gasteiger partial charge >= 0.3 is 0 Å². The van der Waals surface area contributed by atoms with Gasteiger partial charge in [-0.2, -0.15) is 0 Å². The van der Waals surface area contributed by atoms with Crippen LogP contribution in [0, 0.1) is 12.8 Å². The second kappa shape index (κ2) is 8.86. The third-order valence-corrected chi connectivity index (χ3v) is 4.99. The number of benzene rings is 1. The largest absolute Gasteiger partial charge is 0.353 e. The summed E-state index contributed by atoms with van der Waals surface area (Å²) in [4.78, 5) is 26.6. The lowest BCUT2D eigenvalue weighted by Gasteiger charge is -2.34. The van der Waals surface area contributed by atoms with Gasteiger partial charge in [0.25, 0.3) is 0 Å². The fraction of sp³-hybridized carbons (Fsp3) is 0.600. The molecule has 1 heterocycles. The van der Waals surface area contributed by atoms with Crippen molar-refractivity contribution < 1.29 is 9.59 Å². The molecule has 24 heavy (non-hydrogen) atoms. The Morgan fingerprint density at radius 2 is 1.71 bits per heavy atom. The summed E-state index contributed by atoms with van der Waals surface area (Å²) < 4.78 is 0. The van der Waals surface area contributed by atoms with Gasteiger partial charge < -0.3 is 10.2 Å². The highest BCUT2D eigenvalue weighted by atomic mass is 16.2. The molecule has 2 amide bonds. The number of aryl methyl sites for hydroxylation is 1. The van der Waals surface area contributed by atoms with Gasteiger partial charge in [0.1, 0.15) is 0 Å². The number of carbonyl (C=O) groups is 2. The first kappa shape index (κ1) is 18.5. The first-order valence-electron chi connectivity index (χ1n) is 9.17. The molecule has 0 aliphatic carbocycles. The van der Waals surface area contributed by atoms with E-state index in [4.69, 9.17) is 0 Å². The number of nitrogens with zero attached hydrogens (tertiary/aromatic N) is 1.